The third-order valence-electron chi connectivity index (χ3n) is 3.63. The number of carbonyl (C=O) groups excluding carboxylic acids is 1. The first-order valence-electron chi connectivity index (χ1n) is 7.54. The van der Waals surface area contributed by atoms with Gasteiger partial charge >= 0.3 is 0 Å². The van der Waals surface area contributed by atoms with Gasteiger partial charge in [-0.1, -0.05) is 24.3 Å². The van der Waals surface area contributed by atoms with E-state index in [2.05, 4.69) is 10.3 Å². The van der Waals surface area contributed by atoms with E-state index in [4.69, 9.17) is 0 Å². The van der Waals surface area contributed by atoms with E-state index < -0.39 is 6.10 Å². The fraction of sp³-hybridized carbons (Fsp3) is 0.222. The summed E-state index contributed by atoms with van der Waals surface area (Å²) in [7, 11) is 0. The molecule has 0 radical (unpaired) electrons. The Morgan fingerprint density at radius 1 is 1.26 bits per heavy atom. The number of carbonyl (C=O) groups is 1. The van der Waals surface area contributed by atoms with Crippen LogP contribution in [0.2, 0.25) is 0 Å². The second-order valence-electron chi connectivity index (χ2n) is 5.37. The topological polar surface area (TPSA) is 62.2 Å². The molecule has 0 saturated carbocycles. The molecule has 3 rings (SSSR count). The van der Waals surface area contributed by atoms with Crippen LogP contribution < -0.4 is 5.32 Å². The SMILES string of the molecule is O=C(CCc1cccnc1)NCC(O)c1cc2ccccc2s1. The zero-order valence-electron chi connectivity index (χ0n) is 12.6. The first-order chi connectivity index (χ1) is 11.2. The van der Waals surface area contributed by atoms with Crippen LogP contribution in [-0.4, -0.2) is 22.5 Å². The largest absolute Gasteiger partial charge is 0.386 e. The predicted molar refractivity (Wildman–Crippen MR) is 92.4 cm³/mol. The molecule has 118 valence electrons. The lowest BCUT2D eigenvalue weighted by molar-refractivity contribution is -0.121. The number of aliphatic hydroxyl groups is 1. The molecule has 1 aromatic carbocycles. The number of nitrogens with one attached hydrogen (secondary N) is 1. The van der Waals surface area contributed by atoms with Gasteiger partial charge in [0.05, 0.1) is 0 Å². The highest BCUT2D eigenvalue weighted by Gasteiger charge is 2.12. The van der Waals surface area contributed by atoms with Crippen molar-refractivity contribution in [3.8, 4) is 0 Å². The minimum Gasteiger partial charge on any atom is -0.386 e. The van der Waals surface area contributed by atoms with Crippen LogP contribution in [0.1, 0.15) is 23.0 Å². The number of aliphatic hydroxyl groups excluding tert-OH is 1. The van der Waals surface area contributed by atoms with Crippen LogP contribution in [0.4, 0.5) is 0 Å². The van der Waals surface area contributed by atoms with Crippen LogP contribution in [0, 0.1) is 0 Å². The monoisotopic (exact) mass is 326 g/mol. The molecule has 0 spiro atoms. The summed E-state index contributed by atoms with van der Waals surface area (Å²) in [5.74, 6) is -0.0611. The number of fused-ring (bicyclic) bond motifs is 1. The lowest BCUT2D eigenvalue weighted by atomic mass is 10.1. The van der Waals surface area contributed by atoms with Crippen molar-refractivity contribution in [3.05, 3.63) is 65.3 Å². The van der Waals surface area contributed by atoms with Crippen LogP contribution in [0.5, 0.6) is 0 Å². The van der Waals surface area contributed by atoms with E-state index in [0.29, 0.717) is 12.8 Å². The second-order valence-corrected chi connectivity index (χ2v) is 6.48. The van der Waals surface area contributed by atoms with Gasteiger partial charge in [-0.15, -0.1) is 11.3 Å². The summed E-state index contributed by atoms with van der Waals surface area (Å²) in [5.41, 5.74) is 1.03. The maximum atomic E-state index is 11.9. The average molecular weight is 326 g/mol. The number of thiophene rings is 1. The maximum Gasteiger partial charge on any atom is 0.220 e. The summed E-state index contributed by atoms with van der Waals surface area (Å²) in [6, 6.07) is 13.8. The van der Waals surface area contributed by atoms with Crippen molar-refractivity contribution in [1.82, 2.24) is 10.3 Å². The van der Waals surface area contributed by atoms with Gasteiger partial charge in [0.25, 0.3) is 0 Å². The fourth-order valence-electron chi connectivity index (χ4n) is 2.37. The lowest BCUT2D eigenvalue weighted by Crippen LogP contribution is -2.28. The number of benzene rings is 1. The zero-order chi connectivity index (χ0) is 16.1. The molecule has 1 unspecified atom stereocenters. The molecule has 0 bridgehead atoms. The highest BCUT2D eigenvalue weighted by molar-refractivity contribution is 7.19. The van der Waals surface area contributed by atoms with Crippen LogP contribution in [0.3, 0.4) is 0 Å². The molecule has 0 aliphatic carbocycles. The third-order valence-corrected chi connectivity index (χ3v) is 4.85. The number of amides is 1. The minimum atomic E-state index is -0.672. The van der Waals surface area contributed by atoms with Crippen molar-refractivity contribution >= 4 is 27.3 Å². The molecule has 1 amide bonds. The van der Waals surface area contributed by atoms with Gasteiger partial charge in [-0.2, -0.15) is 0 Å². The zero-order valence-corrected chi connectivity index (χ0v) is 13.4. The van der Waals surface area contributed by atoms with E-state index in [1.807, 2.05) is 42.5 Å². The van der Waals surface area contributed by atoms with Crippen molar-refractivity contribution in [1.29, 1.82) is 0 Å². The molecule has 5 heteroatoms. The Labute approximate surface area is 138 Å². The Hall–Kier alpha value is -2.24. The molecule has 0 aliphatic heterocycles. The van der Waals surface area contributed by atoms with E-state index in [0.717, 1.165) is 20.5 Å². The first-order valence-corrected chi connectivity index (χ1v) is 8.36. The number of hydrogen-bond acceptors (Lipinski definition) is 4. The van der Waals surface area contributed by atoms with Crippen LogP contribution in [0.15, 0.2) is 54.9 Å². The minimum absolute atomic E-state index is 0.0611. The molecule has 3 aromatic rings. The highest BCUT2D eigenvalue weighted by Crippen LogP contribution is 2.29. The van der Waals surface area contributed by atoms with Gasteiger partial charge in [0.2, 0.25) is 5.91 Å². The van der Waals surface area contributed by atoms with E-state index in [1.54, 1.807) is 23.7 Å². The predicted octanol–water partition coefficient (Wildman–Crippen LogP) is 3.08. The fourth-order valence-corrected chi connectivity index (χ4v) is 3.42. The summed E-state index contributed by atoms with van der Waals surface area (Å²) in [5, 5.41) is 14.2. The first kappa shape index (κ1) is 15.6. The molecule has 0 fully saturated rings. The Kier molecular flexibility index (Phi) is 5.00. The van der Waals surface area contributed by atoms with Crippen molar-refractivity contribution < 1.29 is 9.90 Å². The van der Waals surface area contributed by atoms with E-state index in [-0.39, 0.29) is 12.5 Å². The maximum absolute atomic E-state index is 11.9. The summed E-state index contributed by atoms with van der Waals surface area (Å²) in [4.78, 5) is 16.8. The molecule has 2 aromatic heterocycles. The summed E-state index contributed by atoms with van der Waals surface area (Å²) < 4.78 is 1.14. The van der Waals surface area contributed by atoms with Gasteiger partial charge in [-0.05, 0) is 35.6 Å². The third kappa shape index (κ3) is 4.15. The van der Waals surface area contributed by atoms with Crippen molar-refractivity contribution in [2.75, 3.05) is 6.54 Å². The Bertz CT molecular complexity index is 753. The lowest BCUT2D eigenvalue weighted by Gasteiger charge is -2.10. The van der Waals surface area contributed by atoms with Gasteiger partial charge in [-0.25, -0.2) is 0 Å². The number of hydrogen-bond donors (Lipinski definition) is 2. The van der Waals surface area contributed by atoms with Crippen molar-refractivity contribution in [2.45, 2.75) is 18.9 Å². The normalized spacial score (nSPS) is 12.2. The second kappa shape index (κ2) is 7.35. The quantitative estimate of drug-likeness (QED) is 0.732. The van der Waals surface area contributed by atoms with Crippen LogP contribution >= 0.6 is 11.3 Å². The molecule has 4 nitrogen and oxygen atoms in total. The number of aryl methyl sites for hydroxylation is 1. The molecule has 2 N–H and O–H groups in total. The molecule has 23 heavy (non-hydrogen) atoms. The smallest absolute Gasteiger partial charge is 0.220 e. The van der Waals surface area contributed by atoms with Crippen molar-refractivity contribution in [3.63, 3.8) is 0 Å². The summed E-state index contributed by atoms with van der Waals surface area (Å²) >= 11 is 1.56. The van der Waals surface area contributed by atoms with Gasteiger partial charge in [0.1, 0.15) is 6.10 Å². The number of aromatic nitrogens is 1. The van der Waals surface area contributed by atoms with Gasteiger partial charge in [0, 0.05) is 34.9 Å². The van der Waals surface area contributed by atoms with Gasteiger partial charge in [-0.3, -0.25) is 9.78 Å². The van der Waals surface area contributed by atoms with Crippen LogP contribution in [0.25, 0.3) is 10.1 Å². The molecular weight excluding hydrogens is 308 g/mol. The molecule has 1 atom stereocenters. The molecule has 0 saturated heterocycles. The number of nitrogens with zero attached hydrogens (tertiary/aromatic N) is 1. The van der Waals surface area contributed by atoms with Gasteiger partial charge in [0.15, 0.2) is 0 Å². The van der Waals surface area contributed by atoms with E-state index in [1.165, 1.54) is 0 Å². The summed E-state index contributed by atoms with van der Waals surface area (Å²) in [6.45, 7) is 0.235. The Morgan fingerprint density at radius 2 is 2.13 bits per heavy atom. The van der Waals surface area contributed by atoms with Crippen molar-refractivity contribution in [2.24, 2.45) is 0 Å². The van der Waals surface area contributed by atoms with E-state index >= 15 is 0 Å². The molecule has 0 aliphatic rings. The van der Waals surface area contributed by atoms with Crippen LogP contribution in [-0.2, 0) is 11.2 Å². The van der Waals surface area contributed by atoms with E-state index in [9.17, 15) is 9.90 Å². The standard InChI is InChI=1S/C18H18N2O2S/c21-15(17-10-14-5-1-2-6-16(14)23-17)12-20-18(22)8-7-13-4-3-9-19-11-13/h1-6,9-11,15,21H,7-8,12H2,(H,20,22). The highest BCUT2D eigenvalue weighted by atomic mass is 32.1. The molecular formula is C18H18N2O2S. The Morgan fingerprint density at radius 3 is 2.91 bits per heavy atom. The molecule has 2 heterocycles. The summed E-state index contributed by atoms with van der Waals surface area (Å²) in [6.07, 6.45) is 3.85. The Balaban J connectivity index is 1.50. The average Bonchev–Trinajstić information content (AvgIpc) is 3.03. The number of rotatable bonds is 6. The van der Waals surface area contributed by atoms with Gasteiger partial charge < -0.3 is 10.4 Å². The number of pyridine rings is 1.